The Morgan fingerprint density at radius 1 is 0.760 bits per heavy atom. The largest absolute Gasteiger partial charge is 0.320 e. The molecule has 2 aromatic rings. The normalized spacial score (nSPS) is 9.68. The van der Waals surface area contributed by atoms with Gasteiger partial charge in [-0.15, -0.1) is 0 Å². The highest BCUT2D eigenvalue weighted by molar-refractivity contribution is 5.66. The Kier molecular flexibility index (Phi) is 24.6. The molecule has 0 fully saturated rings. The van der Waals surface area contributed by atoms with Crippen molar-refractivity contribution in [3.8, 4) is 0 Å². The summed E-state index contributed by atoms with van der Waals surface area (Å²) in [4.78, 5) is 3.86. The highest BCUT2D eigenvalue weighted by Crippen LogP contribution is 2.06. The van der Waals surface area contributed by atoms with Crippen molar-refractivity contribution in [2.75, 3.05) is 7.05 Å². The SMILES string of the molecule is CC.CC.CC.CN=CC(N)c1ccccc1.Cc1cccc(C)c1. The van der Waals surface area contributed by atoms with Crippen LogP contribution in [0.5, 0.6) is 0 Å². The van der Waals surface area contributed by atoms with Gasteiger partial charge in [0.15, 0.2) is 0 Å². The highest BCUT2D eigenvalue weighted by atomic mass is 14.7. The first-order valence-electron chi connectivity index (χ1n) is 9.39. The molecule has 2 rings (SSSR count). The van der Waals surface area contributed by atoms with E-state index in [2.05, 4.69) is 43.1 Å². The average Bonchev–Trinajstić information content (AvgIpc) is 2.68. The highest BCUT2D eigenvalue weighted by Gasteiger charge is 1.98. The van der Waals surface area contributed by atoms with Gasteiger partial charge in [0, 0.05) is 13.3 Å². The molecular formula is C23H40N2. The van der Waals surface area contributed by atoms with E-state index in [-0.39, 0.29) is 6.04 Å². The molecule has 2 aromatic carbocycles. The third-order valence-corrected chi connectivity index (χ3v) is 2.67. The Morgan fingerprint density at radius 2 is 1.20 bits per heavy atom. The number of aryl methyl sites for hydroxylation is 2. The number of nitrogens with two attached hydrogens (primary N) is 1. The van der Waals surface area contributed by atoms with Crippen LogP contribution < -0.4 is 5.73 Å². The zero-order valence-corrected chi connectivity index (χ0v) is 17.9. The van der Waals surface area contributed by atoms with Crippen LogP contribution in [0.15, 0.2) is 59.6 Å². The Hall–Kier alpha value is -1.93. The molecule has 0 saturated heterocycles. The maximum Gasteiger partial charge on any atom is 0.0651 e. The topological polar surface area (TPSA) is 38.4 Å². The summed E-state index contributed by atoms with van der Waals surface area (Å²) >= 11 is 0. The van der Waals surface area contributed by atoms with Crippen molar-refractivity contribution in [3.05, 3.63) is 71.3 Å². The lowest BCUT2D eigenvalue weighted by Gasteiger charge is -2.03. The van der Waals surface area contributed by atoms with Crippen molar-refractivity contribution in [3.63, 3.8) is 0 Å². The van der Waals surface area contributed by atoms with E-state index in [4.69, 9.17) is 5.73 Å². The number of nitrogens with zero attached hydrogens (tertiary/aromatic N) is 1. The third kappa shape index (κ3) is 16.7. The smallest absolute Gasteiger partial charge is 0.0651 e. The molecule has 142 valence electrons. The molecule has 0 bridgehead atoms. The second-order valence-electron chi connectivity index (χ2n) is 4.50. The lowest BCUT2D eigenvalue weighted by molar-refractivity contribution is 0.979. The van der Waals surface area contributed by atoms with Gasteiger partial charge in [-0.05, 0) is 19.4 Å². The predicted molar refractivity (Wildman–Crippen MR) is 118 cm³/mol. The molecule has 1 atom stereocenters. The molecule has 0 amide bonds. The molecule has 25 heavy (non-hydrogen) atoms. The summed E-state index contributed by atoms with van der Waals surface area (Å²) in [7, 11) is 1.72. The molecule has 0 aliphatic carbocycles. The minimum Gasteiger partial charge on any atom is -0.320 e. The fraction of sp³-hybridized carbons (Fsp3) is 0.435. The van der Waals surface area contributed by atoms with Gasteiger partial charge in [-0.3, -0.25) is 4.99 Å². The summed E-state index contributed by atoms with van der Waals surface area (Å²) in [5.74, 6) is 0. The van der Waals surface area contributed by atoms with Crippen LogP contribution in [-0.4, -0.2) is 13.3 Å². The van der Waals surface area contributed by atoms with Gasteiger partial charge in [0.05, 0.1) is 6.04 Å². The Morgan fingerprint density at radius 3 is 1.52 bits per heavy atom. The molecule has 2 nitrogen and oxygen atoms in total. The van der Waals surface area contributed by atoms with Crippen LogP contribution >= 0.6 is 0 Å². The van der Waals surface area contributed by atoms with Crippen LogP contribution in [0.3, 0.4) is 0 Å². The molecule has 0 aromatic heterocycles. The van der Waals surface area contributed by atoms with Gasteiger partial charge in [-0.25, -0.2) is 0 Å². The summed E-state index contributed by atoms with van der Waals surface area (Å²) in [5, 5.41) is 0. The molecular weight excluding hydrogens is 304 g/mol. The van der Waals surface area contributed by atoms with Crippen molar-refractivity contribution in [1.82, 2.24) is 0 Å². The lowest BCUT2D eigenvalue weighted by Crippen LogP contribution is -2.10. The monoisotopic (exact) mass is 344 g/mol. The minimum absolute atomic E-state index is 0.0683. The quantitative estimate of drug-likeness (QED) is 0.600. The summed E-state index contributed by atoms with van der Waals surface area (Å²) < 4.78 is 0. The van der Waals surface area contributed by atoms with Crippen molar-refractivity contribution >= 4 is 6.21 Å². The van der Waals surface area contributed by atoms with Crippen LogP contribution in [0.2, 0.25) is 0 Å². The molecule has 0 radical (unpaired) electrons. The number of benzene rings is 2. The van der Waals surface area contributed by atoms with Gasteiger partial charge >= 0.3 is 0 Å². The lowest BCUT2D eigenvalue weighted by atomic mass is 10.1. The van der Waals surface area contributed by atoms with E-state index < -0.39 is 0 Å². The first-order valence-corrected chi connectivity index (χ1v) is 9.39. The molecule has 0 aliphatic rings. The maximum atomic E-state index is 5.76. The summed E-state index contributed by atoms with van der Waals surface area (Å²) in [6.45, 7) is 16.2. The zero-order chi connectivity index (χ0) is 20.1. The van der Waals surface area contributed by atoms with Crippen molar-refractivity contribution in [2.45, 2.75) is 61.4 Å². The standard InChI is InChI=1S/C9H12N2.C8H10.3C2H6/c1-11-7-9(10)8-5-3-2-4-6-8;1-7-4-3-5-8(2)6-7;3*1-2/h2-7,9H,10H2,1H3;3-6H,1-2H3;3*1-2H3. The Labute approximate surface area is 157 Å². The maximum absolute atomic E-state index is 5.76. The van der Waals surface area contributed by atoms with Gasteiger partial charge in [0.2, 0.25) is 0 Å². The van der Waals surface area contributed by atoms with E-state index in [1.807, 2.05) is 71.9 Å². The van der Waals surface area contributed by atoms with Gasteiger partial charge in [-0.1, -0.05) is 107 Å². The van der Waals surface area contributed by atoms with E-state index in [9.17, 15) is 0 Å². The average molecular weight is 345 g/mol. The van der Waals surface area contributed by atoms with E-state index in [1.165, 1.54) is 11.1 Å². The third-order valence-electron chi connectivity index (χ3n) is 2.67. The zero-order valence-electron chi connectivity index (χ0n) is 17.9. The molecule has 2 heteroatoms. The number of aliphatic imine (C=N–C) groups is 1. The van der Waals surface area contributed by atoms with Gasteiger partial charge in [0.25, 0.3) is 0 Å². The first kappa shape index (κ1) is 27.9. The van der Waals surface area contributed by atoms with E-state index >= 15 is 0 Å². The summed E-state index contributed by atoms with van der Waals surface area (Å²) in [5.41, 5.74) is 9.53. The van der Waals surface area contributed by atoms with Crippen LogP contribution in [0.25, 0.3) is 0 Å². The number of hydrogen-bond donors (Lipinski definition) is 1. The van der Waals surface area contributed by atoms with Gasteiger partial charge < -0.3 is 5.73 Å². The fourth-order valence-corrected chi connectivity index (χ4v) is 1.73. The Bertz CT molecular complexity index is 487. The van der Waals surface area contributed by atoms with Gasteiger partial charge in [-0.2, -0.15) is 0 Å². The number of rotatable bonds is 2. The molecule has 2 N–H and O–H groups in total. The first-order chi connectivity index (χ1) is 12.1. The van der Waals surface area contributed by atoms with E-state index in [0.29, 0.717) is 0 Å². The molecule has 0 saturated carbocycles. The van der Waals surface area contributed by atoms with Crippen molar-refractivity contribution in [2.24, 2.45) is 10.7 Å². The van der Waals surface area contributed by atoms with Crippen molar-refractivity contribution in [1.29, 1.82) is 0 Å². The van der Waals surface area contributed by atoms with E-state index in [1.54, 1.807) is 13.3 Å². The number of hydrogen-bond acceptors (Lipinski definition) is 2. The summed E-state index contributed by atoms with van der Waals surface area (Å²) in [6.07, 6.45) is 1.73. The summed E-state index contributed by atoms with van der Waals surface area (Å²) in [6, 6.07) is 18.3. The van der Waals surface area contributed by atoms with Crippen LogP contribution in [-0.2, 0) is 0 Å². The molecule has 0 spiro atoms. The predicted octanol–water partition coefficient (Wildman–Crippen LogP) is 6.77. The van der Waals surface area contributed by atoms with Crippen LogP contribution in [0.1, 0.15) is 64.3 Å². The van der Waals surface area contributed by atoms with Crippen LogP contribution in [0.4, 0.5) is 0 Å². The Balaban J connectivity index is -0.000000305. The second-order valence-corrected chi connectivity index (χ2v) is 4.50. The van der Waals surface area contributed by atoms with E-state index in [0.717, 1.165) is 5.56 Å². The molecule has 0 aliphatic heterocycles. The minimum atomic E-state index is -0.0683. The molecule has 1 unspecified atom stereocenters. The van der Waals surface area contributed by atoms with Crippen LogP contribution in [0, 0.1) is 13.8 Å². The fourth-order valence-electron chi connectivity index (χ4n) is 1.73. The van der Waals surface area contributed by atoms with Gasteiger partial charge in [0.1, 0.15) is 0 Å². The second kappa shape index (κ2) is 22.1. The molecule has 0 heterocycles. The van der Waals surface area contributed by atoms with Crippen molar-refractivity contribution < 1.29 is 0 Å².